The molecule has 256 valence electrons. The fourth-order valence-electron chi connectivity index (χ4n) is 8.07. The first kappa shape index (κ1) is 31.6. The topological polar surface area (TPSA) is 18.5 Å². The maximum Gasteiger partial charge on any atom is 0.130 e. The monoisotopic (exact) mass is 691 g/mol. The van der Waals surface area contributed by atoms with Gasteiger partial charge in [0.25, 0.3) is 0 Å². The molecule has 1 aliphatic rings. The van der Waals surface area contributed by atoms with Gasteiger partial charge in [0.2, 0.25) is 0 Å². The quantitative estimate of drug-likeness (QED) is 0.168. The average molecular weight is 692 g/mol. The largest absolute Gasteiger partial charge is 0.359 e. The highest BCUT2D eigenvalue weighted by Gasteiger charge is 2.34. The van der Waals surface area contributed by atoms with Crippen molar-refractivity contribution in [2.45, 2.75) is 6.17 Å². The minimum Gasteiger partial charge on any atom is -0.359 e. The Morgan fingerprint density at radius 3 is 1.48 bits per heavy atom. The number of rotatable bonds is 7. The van der Waals surface area contributed by atoms with Crippen LogP contribution in [0.1, 0.15) is 11.7 Å². The molecule has 0 saturated carbocycles. The van der Waals surface area contributed by atoms with E-state index in [1.54, 1.807) is 0 Å². The Morgan fingerprint density at radius 2 is 0.833 bits per heavy atom. The molecular weight excluding hydrogens is 655 g/mol. The summed E-state index contributed by atoms with van der Waals surface area (Å²) in [4.78, 5) is 4.79. The van der Waals surface area contributed by atoms with E-state index in [1.807, 2.05) is 0 Å². The van der Waals surface area contributed by atoms with Crippen molar-refractivity contribution in [1.29, 1.82) is 0 Å². The normalized spacial score (nSPS) is 13.5. The number of anilines is 6. The van der Waals surface area contributed by atoms with E-state index >= 15 is 0 Å². The zero-order valence-electron chi connectivity index (χ0n) is 29.7. The van der Waals surface area contributed by atoms with E-state index in [-0.39, 0.29) is 6.17 Å². The Balaban J connectivity index is 1.07. The molecular formula is C51H37N3. The molecule has 0 spiro atoms. The third-order valence-electron chi connectivity index (χ3n) is 10.6. The van der Waals surface area contributed by atoms with Crippen LogP contribution in [0.25, 0.3) is 43.8 Å². The molecule has 0 aromatic heterocycles. The van der Waals surface area contributed by atoms with Gasteiger partial charge in [-0.25, -0.2) is 0 Å². The Labute approximate surface area is 316 Å². The zero-order chi connectivity index (χ0) is 35.8. The number of nitrogens with one attached hydrogen (secondary N) is 1. The summed E-state index contributed by atoms with van der Waals surface area (Å²) in [6.45, 7) is 0. The number of benzene rings is 9. The van der Waals surface area contributed by atoms with E-state index < -0.39 is 0 Å². The van der Waals surface area contributed by atoms with Crippen LogP contribution < -0.4 is 15.1 Å². The van der Waals surface area contributed by atoms with Gasteiger partial charge in [-0.3, -0.25) is 0 Å². The van der Waals surface area contributed by atoms with Crippen molar-refractivity contribution in [2.75, 3.05) is 15.1 Å². The Bertz CT molecular complexity index is 2710. The van der Waals surface area contributed by atoms with Gasteiger partial charge in [0.1, 0.15) is 6.17 Å². The van der Waals surface area contributed by atoms with Crippen molar-refractivity contribution in [3.63, 3.8) is 0 Å². The van der Waals surface area contributed by atoms with Gasteiger partial charge < -0.3 is 15.1 Å². The standard InChI is InChI=1S/C51H37N3/c1-5-15-36(16-6-1)37-25-30-43(31-26-37)53(41-19-9-3-10-20-41)44-32-27-38(28-33-44)40-29-34-46-45-23-13-14-24-47(45)50-49(48(46)35-40)52-51(39-17-7-2-8-18-39)54(50)42-21-11-4-12-22-42/h1-35,51-52H. The van der Waals surface area contributed by atoms with E-state index in [0.717, 1.165) is 28.4 Å². The van der Waals surface area contributed by atoms with Gasteiger partial charge in [0, 0.05) is 33.5 Å². The number of hydrogen-bond donors (Lipinski definition) is 1. The van der Waals surface area contributed by atoms with Gasteiger partial charge in [0.05, 0.1) is 11.4 Å². The Hall–Kier alpha value is -7.10. The minimum atomic E-state index is -0.0497. The maximum absolute atomic E-state index is 4.01. The second kappa shape index (κ2) is 13.5. The van der Waals surface area contributed by atoms with Crippen molar-refractivity contribution < 1.29 is 0 Å². The van der Waals surface area contributed by atoms with E-state index in [0.29, 0.717) is 0 Å². The molecule has 0 fully saturated rings. The molecule has 3 nitrogen and oxygen atoms in total. The molecule has 1 atom stereocenters. The van der Waals surface area contributed by atoms with Gasteiger partial charge in [-0.1, -0.05) is 158 Å². The molecule has 9 aromatic rings. The molecule has 3 heteroatoms. The summed E-state index contributed by atoms with van der Waals surface area (Å²) >= 11 is 0. The second-order valence-electron chi connectivity index (χ2n) is 13.8. The first-order chi connectivity index (χ1) is 26.8. The van der Waals surface area contributed by atoms with Crippen LogP contribution in [0.4, 0.5) is 34.1 Å². The molecule has 1 N–H and O–H groups in total. The maximum atomic E-state index is 4.01. The van der Waals surface area contributed by atoms with Gasteiger partial charge in [-0.05, 0) is 93.2 Å². The van der Waals surface area contributed by atoms with Crippen molar-refractivity contribution in [3.05, 3.63) is 218 Å². The van der Waals surface area contributed by atoms with Crippen LogP contribution in [-0.4, -0.2) is 0 Å². The molecule has 10 rings (SSSR count). The van der Waals surface area contributed by atoms with Gasteiger partial charge in [-0.2, -0.15) is 0 Å². The van der Waals surface area contributed by atoms with Crippen LogP contribution in [0.2, 0.25) is 0 Å². The fourth-order valence-corrected chi connectivity index (χ4v) is 8.07. The van der Waals surface area contributed by atoms with Gasteiger partial charge in [-0.15, -0.1) is 0 Å². The van der Waals surface area contributed by atoms with Crippen LogP contribution >= 0.6 is 0 Å². The highest BCUT2D eigenvalue weighted by Crippen LogP contribution is 2.53. The fraction of sp³-hybridized carbons (Fsp3) is 0.0196. The lowest BCUT2D eigenvalue weighted by molar-refractivity contribution is 0.830. The van der Waals surface area contributed by atoms with Crippen LogP contribution in [0.5, 0.6) is 0 Å². The molecule has 1 unspecified atom stereocenters. The molecule has 0 saturated heterocycles. The van der Waals surface area contributed by atoms with Gasteiger partial charge >= 0.3 is 0 Å². The first-order valence-corrected chi connectivity index (χ1v) is 18.6. The minimum absolute atomic E-state index is 0.0497. The molecule has 0 radical (unpaired) electrons. The smallest absolute Gasteiger partial charge is 0.130 e. The molecule has 0 aliphatic carbocycles. The summed E-state index contributed by atoms with van der Waals surface area (Å²) in [5.41, 5.74) is 12.9. The molecule has 9 aromatic carbocycles. The summed E-state index contributed by atoms with van der Waals surface area (Å²) < 4.78 is 0. The zero-order valence-corrected chi connectivity index (χ0v) is 29.7. The number of nitrogens with zero attached hydrogens (tertiary/aromatic N) is 2. The van der Waals surface area contributed by atoms with Crippen molar-refractivity contribution in [3.8, 4) is 22.3 Å². The van der Waals surface area contributed by atoms with Crippen molar-refractivity contribution in [1.82, 2.24) is 0 Å². The predicted octanol–water partition coefficient (Wildman–Crippen LogP) is 14.1. The molecule has 54 heavy (non-hydrogen) atoms. The van der Waals surface area contributed by atoms with Crippen LogP contribution in [0.3, 0.4) is 0 Å². The van der Waals surface area contributed by atoms with Crippen LogP contribution in [0.15, 0.2) is 212 Å². The van der Waals surface area contributed by atoms with Crippen molar-refractivity contribution in [2.24, 2.45) is 0 Å². The SMILES string of the molecule is c1ccc(-c2ccc(N(c3ccccc3)c3ccc(-c4ccc5c(c4)c4c(c6ccccc65)N(c5ccccc5)C(c5ccccc5)N4)cc3)cc2)cc1. The van der Waals surface area contributed by atoms with Crippen LogP contribution in [-0.2, 0) is 0 Å². The van der Waals surface area contributed by atoms with E-state index in [9.17, 15) is 0 Å². The Morgan fingerprint density at radius 1 is 0.370 bits per heavy atom. The van der Waals surface area contributed by atoms with Gasteiger partial charge in [0.15, 0.2) is 0 Å². The summed E-state index contributed by atoms with van der Waals surface area (Å²) in [6.07, 6.45) is -0.0497. The summed E-state index contributed by atoms with van der Waals surface area (Å²) in [7, 11) is 0. The molecule has 0 bridgehead atoms. The van der Waals surface area contributed by atoms with Crippen LogP contribution in [0, 0.1) is 0 Å². The lowest BCUT2D eigenvalue weighted by atomic mass is 9.94. The third kappa shape index (κ3) is 5.55. The molecule has 1 heterocycles. The second-order valence-corrected chi connectivity index (χ2v) is 13.8. The Kier molecular flexibility index (Phi) is 7.88. The first-order valence-electron chi connectivity index (χ1n) is 18.6. The molecule has 1 aliphatic heterocycles. The van der Waals surface area contributed by atoms with E-state index in [1.165, 1.54) is 55.0 Å². The number of para-hydroxylation sites is 2. The van der Waals surface area contributed by atoms with Crippen molar-refractivity contribution >= 4 is 55.7 Å². The average Bonchev–Trinajstić information content (AvgIpc) is 3.67. The lowest BCUT2D eigenvalue weighted by Gasteiger charge is -2.28. The summed E-state index contributed by atoms with van der Waals surface area (Å²) in [5, 5.41) is 8.96. The summed E-state index contributed by atoms with van der Waals surface area (Å²) in [6, 6.07) is 76.3. The number of hydrogen-bond acceptors (Lipinski definition) is 3. The van der Waals surface area contributed by atoms with E-state index in [4.69, 9.17) is 0 Å². The molecule has 0 amide bonds. The summed E-state index contributed by atoms with van der Waals surface area (Å²) in [5.74, 6) is 0. The highest BCUT2D eigenvalue weighted by molar-refractivity contribution is 6.22. The third-order valence-corrected chi connectivity index (χ3v) is 10.6. The lowest BCUT2D eigenvalue weighted by Crippen LogP contribution is -2.23. The van der Waals surface area contributed by atoms with E-state index in [2.05, 4.69) is 227 Å². The highest BCUT2D eigenvalue weighted by atomic mass is 15.3. The number of fused-ring (bicyclic) bond motifs is 6. The predicted molar refractivity (Wildman–Crippen MR) is 228 cm³/mol.